The van der Waals surface area contributed by atoms with Crippen LogP contribution in [0.2, 0.25) is 0 Å². The Labute approximate surface area is 212 Å². The normalized spacial score (nSPS) is 25.9. The van der Waals surface area contributed by atoms with E-state index < -0.39 is 0 Å². The molecule has 0 amide bonds. The Bertz CT molecular complexity index is 777. The number of hydrogen-bond acceptors (Lipinski definition) is 2. The van der Waals surface area contributed by atoms with Gasteiger partial charge in [-0.05, 0) is 100 Å². The summed E-state index contributed by atoms with van der Waals surface area (Å²) in [5.74, 6) is 3.80. The summed E-state index contributed by atoms with van der Waals surface area (Å²) in [5, 5.41) is 3.88. The molecule has 1 aromatic rings. The maximum atomic E-state index is 5.97. The Kier molecular flexibility index (Phi) is 7.94. The van der Waals surface area contributed by atoms with Crippen LogP contribution in [0.1, 0.15) is 131 Å². The fourth-order valence-electron chi connectivity index (χ4n) is 7.22. The minimum atomic E-state index is 0.0792. The van der Waals surface area contributed by atoms with Gasteiger partial charge in [0, 0.05) is 22.2 Å². The summed E-state index contributed by atoms with van der Waals surface area (Å²) in [6, 6.07) is 4.89. The molecule has 0 unspecified atom stereocenters. The number of piperidine rings is 1. The Morgan fingerprint density at radius 3 is 1.68 bits per heavy atom. The molecule has 1 N–H and O–H groups in total. The highest BCUT2D eigenvalue weighted by Gasteiger charge is 2.41. The van der Waals surface area contributed by atoms with Crippen molar-refractivity contribution in [3.8, 4) is 5.75 Å². The molecular weight excluding hydrogens is 414 g/mol. The monoisotopic (exact) mass is 469 g/mol. The Balaban J connectivity index is 1.66. The van der Waals surface area contributed by atoms with Gasteiger partial charge < -0.3 is 10.1 Å². The third-order valence-corrected chi connectivity index (χ3v) is 8.59. The van der Waals surface area contributed by atoms with Crippen LogP contribution >= 0.6 is 0 Å². The van der Waals surface area contributed by atoms with Gasteiger partial charge >= 0.3 is 0 Å². The first-order valence-corrected chi connectivity index (χ1v) is 14.0. The van der Waals surface area contributed by atoms with Gasteiger partial charge in [0.2, 0.25) is 0 Å². The molecule has 1 aliphatic carbocycles. The van der Waals surface area contributed by atoms with E-state index in [4.69, 9.17) is 4.74 Å². The van der Waals surface area contributed by atoms with E-state index in [1.54, 1.807) is 0 Å². The lowest BCUT2D eigenvalue weighted by Crippen LogP contribution is -2.58. The molecule has 1 saturated carbocycles. The van der Waals surface area contributed by atoms with Gasteiger partial charge in [0.15, 0.2) is 0 Å². The molecule has 2 nitrogen and oxygen atoms in total. The van der Waals surface area contributed by atoms with Gasteiger partial charge in [-0.2, -0.15) is 0 Å². The highest BCUT2D eigenvalue weighted by atomic mass is 16.5. The summed E-state index contributed by atoms with van der Waals surface area (Å²) in [6.45, 7) is 23.5. The number of hydrogen-bond donors (Lipinski definition) is 1. The molecular formula is C32H55NO. The number of aryl methyl sites for hydroxylation is 1. The molecule has 1 heterocycles. The Hall–Kier alpha value is -1.02. The zero-order chi connectivity index (χ0) is 25.5. The predicted molar refractivity (Wildman–Crippen MR) is 148 cm³/mol. The number of benzene rings is 1. The van der Waals surface area contributed by atoms with E-state index >= 15 is 0 Å². The van der Waals surface area contributed by atoms with E-state index in [9.17, 15) is 0 Å². The van der Waals surface area contributed by atoms with Crippen LogP contribution in [0.15, 0.2) is 12.1 Å². The second-order valence-electron chi connectivity index (χ2n) is 15.1. The molecule has 3 rings (SSSR count). The van der Waals surface area contributed by atoms with Crippen LogP contribution < -0.4 is 10.1 Å². The summed E-state index contributed by atoms with van der Waals surface area (Å²) in [7, 11) is 1.84. The molecule has 194 valence electrons. The van der Waals surface area contributed by atoms with Crippen LogP contribution in [0.25, 0.3) is 0 Å². The maximum Gasteiger partial charge on any atom is 0.126 e. The average Bonchev–Trinajstić information content (AvgIpc) is 2.68. The molecule has 0 bridgehead atoms. The van der Waals surface area contributed by atoms with Gasteiger partial charge in [0.25, 0.3) is 0 Å². The zero-order valence-electron chi connectivity index (χ0n) is 24.5. The van der Waals surface area contributed by atoms with Crippen LogP contribution in [0.4, 0.5) is 0 Å². The smallest absolute Gasteiger partial charge is 0.126 e. The highest BCUT2D eigenvalue weighted by Crippen LogP contribution is 2.45. The summed E-state index contributed by atoms with van der Waals surface area (Å²) in [6.07, 6.45) is 10.9. The summed E-state index contributed by atoms with van der Waals surface area (Å²) in [4.78, 5) is 0. The van der Waals surface area contributed by atoms with Gasteiger partial charge in [-0.25, -0.2) is 0 Å². The molecule has 1 saturated heterocycles. The Morgan fingerprint density at radius 2 is 1.26 bits per heavy atom. The molecule has 34 heavy (non-hydrogen) atoms. The summed E-state index contributed by atoms with van der Waals surface area (Å²) < 4.78 is 5.97. The minimum Gasteiger partial charge on any atom is -0.496 e. The van der Waals surface area contributed by atoms with Gasteiger partial charge in [-0.15, -0.1) is 0 Å². The maximum absolute atomic E-state index is 5.97. The standard InChI is InChI=1S/C32H55NO/c1-29(2,3)26-18-23(19-27(28(26)34-11)30(4,5)6)13-12-22-14-16-24(17-15-22)25-20-31(7,8)33-32(9,10)21-25/h18-19,22,24-25,33H,12-17,20-21H2,1-11H3. The van der Waals surface area contributed by atoms with Crippen molar-refractivity contribution >= 4 is 0 Å². The molecule has 0 spiro atoms. The second-order valence-corrected chi connectivity index (χ2v) is 15.1. The van der Waals surface area contributed by atoms with Crippen LogP contribution in [0.3, 0.4) is 0 Å². The lowest BCUT2D eigenvalue weighted by molar-refractivity contribution is 0.0696. The van der Waals surface area contributed by atoms with Crippen molar-refractivity contribution in [2.45, 2.75) is 143 Å². The van der Waals surface area contributed by atoms with Crippen molar-refractivity contribution in [2.24, 2.45) is 17.8 Å². The van der Waals surface area contributed by atoms with Gasteiger partial charge in [0.05, 0.1) is 7.11 Å². The fourth-order valence-corrected chi connectivity index (χ4v) is 7.22. The van der Waals surface area contributed by atoms with Crippen LogP contribution in [0.5, 0.6) is 5.75 Å². The molecule has 0 aromatic heterocycles. The third kappa shape index (κ3) is 6.80. The fraction of sp³-hybridized carbons (Fsp3) is 0.812. The van der Waals surface area contributed by atoms with Crippen LogP contribution in [-0.2, 0) is 17.3 Å². The number of nitrogens with one attached hydrogen (secondary N) is 1. The first kappa shape index (κ1) is 27.6. The molecule has 1 aliphatic heterocycles. The topological polar surface area (TPSA) is 21.3 Å². The van der Waals surface area contributed by atoms with Crippen molar-refractivity contribution in [2.75, 3.05) is 7.11 Å². The number of methoxy groups -OCH3 is 1. The van der Waals surface area contributed by atoms with E-state index in [0.29, 0.717) is 0 Å². The Morgan fingerprint density at radius 1 is 0.794 bits per heavy atom. The van der Waals surface area contributed by atoms with Crippen molar-refractivity contribution < 1.29 is 4.74 Å². The molecule has 0 atom stereocenters. The average molecular weight is 470 g/mol. The zero-order valence-corrected chi connectivity index (χ0v) is 24.5. The van der Waals surface area contributed by atoms with Crippen LogP contribution in [-0.4, -0.2) is 18.2 Å². The van der Waals surface area contributed by atoms with Gasteiger partial charge in [-0.1, -0.05) is 66.5 Å². The molecule has 2 fully saturated rings. The summed E-state index contributed by atoms with van der Waals surface area (Å²) in [5.41, 5.74) is 4.92. The molecule has 0 radical (unpaired) electrons. The van der Waals surface area contributed by atoms with Crippen molar-refractivity contribution in [1.29, 1.82) is 0 Å². The number of ether oxygens (including phenoxy) is 1. The van der Waals surface area contributed by atoms with E-state index in [1.807, 2.05) is 7.11 Å². The van der Waals surface area contributed by atoms with Crippen molar-refractivity contribution in [1.82, 2.24) is 5.32 Å². The number of rotatable bonds is 5. The van der Waals surface area contributed by atoms with E-state index in [-0.39, 0.29) is 21.9 Å². The SMILES string of the molecule is COc1c(C(C)(C)C)cc(CCC2CCC(C3CC(C)(C)NC(C)(C)C3)CC2)cc1C(C)(C)C. The third-order valence-electron chi connectivity index (χ3n) is 8.59. The minimum absolute atomic E-state index is 0.0792. The van der Waals surface area contributed by atoms with Crippen molar-refractivity contribution in [3.63, 3.8) is 0 Å². The van der Waals surface area contributed by atoms with Gasteiger partial charge in [-0.3, -0.25) is 0 Å². The lowest BCUT2D eigenvalue weighted by Gasteiger charge is -2.49. The highest BCUT2D eigenvalue weighted by molar-refractivity contribution is 5.50. The largest absolute Gasteiger partial charge is 0.496 e. The summed E-state index contributed by atoms with van der Waals surface area (Å²) >= 11 is 0. The predicted octanol–water partition coefficient (Wildman–Crippen LogP) is 8.59. The lowest BCUT2D eigenvalue weighted by atomic mass is 9.65. The van der Waals surface area contributed by atoms with Crippen molar-refractivity contribution in [3.05, 3.63) is 28.8 Å². The van der Waals surface area contributed by atoms with E-state index in [2.05, 4.69) is 86.7 Å². The molecule has 1 aromatic carbocycles. The first-order valence-electron chi connectivity index (χ1n) is 14.0. The second kappa shape index (κ2) is 9.79. The quantitative estimate of drug-likeness (QED) is 0.466. The van der Waals surface area contributed by atoms with Crippen LogP contribution in [0, 0.1) is 17.8 Å². The first-order chi connectivity index (χ1) is 15.5. The van der Waals surface area contributed by atoms with Gasteiger partial charge in [0.1, 0.15) is 5.75 Å². The molecule has 2 aliphatic rings. The molecule has 2 heteroatoms. The van der Waals surface area contributed by atoms with E-state index in [1.165, 1.54) is 68.1 Å². The van der Waals surface area contributed by atoms with E-state index in [0.717, 1.165) is 23.5 Å².